The second-order valence-electron chi connectivity index (χ2n) is 4.03. The van der Waals surface area contributed by atoms with Crippen molar-refractivity contribution in [3.8, 4) is 0 Å². The molecule has 1 aliphatic heterocycles. The summed E-state index contributed by atoms with van der Waals surface area (Å²) < 4.78 is 0. The van der Waals surface area contributed by atoms with Crippen molar-refractivity contribution < 1.29 is 9.90 Å². The SMILES string of the molecule is Cl.O=C(O)C=CCN1CC2CCC1C2. The molecule has 0 spiro atoms. The van der Waals surface area contributed by atoms with Crippen LogP contribution in [0.15, 0.2) is 12.2 Å². The fraction of sp³-hybridized carbons (Fsp3) is 0.700. The number of carboxylic acid groups (broad SMARTS) is 1. The summed E-state index contributed by atoms with van der Waals surface area (Å²) in [5.41, 5.74) is 0. The zero-order valence-corrected chi connectivity index (χ0v) is 8.87. The van der Waals surface area contributed by atoms with Gasteiger partial charge in [-0.2, -0.15) is 0 Å². The maximum Gasteiger partial charge on any atom is 0.328 e. The number of carboxylic acids is 1. The number of carbonyl (C=O) groups is 1. The average Bonchev–Trinajstić information content (AvgIpc) is 2.64. The van der Waals surface area contributed by atoms with E-state index in [0.717, 1.165) is 18.5 Å². The lowest BCUT2D eigenvalue weighted by molar-refractivity contribution is -0.131. The van der Waals surface area contributed by atoms with Crippen LogP contribution >= 0.6 is 12.4 Å². The highest BCUT2D eigenvalue weighted by molar-refractivity contribution is 5.85. The van der Waals surface area contributed by atoms with Gasteiger partial charge in [-0.3, -0.25) is 4.90 Å². The van der Waals surface area contributed by atoms with Gasteiger partial charge in [0.2, 0.25) is 0 Å². The molecule has 0 aromatic heterocycles. The number of hydrogen-bond acceptors (Lipinski definition) is 2. The molecule has 1 saturated heterocycles. The highest BCUT2D eigenvalue weighted by atomic mass is 35.5. The van der Waals surface area contributed by atoms with E-state index in [2.05, 4.69) is 4.90 Å². The lowest BCUT2D eigenvalue weighted by Crippen LogP contribution is -2.32. The van der Waals surface area contributed by atoms with E-state index in [4.69, 9.17) is 5.11 Å². The predicted octanol–water partition coefficient (Wildman–Crippen LogP) is 1.53. The summed E-state index contributed by atoms with van der Waals surface area (Å²) >= 11 is 0. The fourth-order valence-electron chi connectivity index (χ4n) is 2.54. The molecule has 0 amide bonds. The number of nitrogens with zero attached hydrogens (tertiary/aromatic N) is 1. The molecule has 1 aliphatic carbocycles. The van der Waals surface area contributed by atoms with E-state index in [1.165, 1.54) is 31.9 Å². The van der Waals surface area contributed by atoms with Gasteiger partial charge in [-0.1, -0.05) is 6.08 Å². The van der Waals surface area contributed by atoms with Crippen molar-refractivity contribution in [2.24, 2.45) is 5.92 Å². The molecule has 3 nitrogen and oxygen atoms in total. The molecule has 4 heteroatoms. The smallest absolute Gasteiger partial charge is 0.328 e. The molecule has 14 heavy (non-hydrogen) atoms. The van der Waals surface area contributed by atoms with Gasteiger partial charge in [0.25, 0.3) is 0 Å². The topological polar surface area (TPSA) is 40.5 Å². The Morgan fingerprint density at radius 1 is 1.50 bits per heavy atom. The Morgan fingerprint density at radius 3 is 2.79 bits per heavy atom. The van der Waals surface area contributed by atoms with Gasteiger partial charge in [0.15, 0.2) is 0 Å². The van der Waals surface area contributed by atoms with Crippen LogP contribution in [0.5, 0.6) is 0 Å². The summed E-state index contributed by atoms with van der Waals surface area (Å²) in [6.45, 7) is 1.99. The number of rotatable bonds is 3. The number of hydrogen-bond donors (Lipinski definition) is 1. The molecule has 2 fully saturated rings. The van der Waals surface area contributed by atoms with Gasteiger partial charge in [0, 0.05) is 25.2 Å². The zero-order valence-electron chi connectivity index (χ0n) is 8.06. The standard InChI is InChI=1S/C10H15NO2.ClH/c12-10(13)2-1-5-11-7-8-3-4-9(11)6-8;/h1-2,8-9H,3-7H2,(H,12,13);1H. The summed E-state index contributed by atoms with van der Waals surface area (Å²) in [6.07, 6.45) is 7.02. The van der Waals surface area contributed by atoms with E-state index in [9.17, 15) is 4.79 Å². The number of aliphatic carboxylic acids is 1. The Morgan fingerprint density at radius 2 is 2.29 bits per heavy atom. The molecule has 80 valence electrons. The highest BCUT2D eigenvalue weighted by Gasteiger charge is 2.36. The quantitative estimate of drug-likeness (QED) is 0.729. The van der Waals surface area contributed by atoms with Crippen molar-refractivity contribution in [1.82, 2.24) is 4.90 Å². The maximum absolute atomic E-state index is 10.2. The Hall–Kier alpha value is -0.540. The first-order chi connectivity index (χ1) is 6.25. The third-order valence-corrected chi connectivity index (χ3v) is 3.12. The number of fused-ring (bicyclic) bond motifs is 2. The molecule has 1 N–H and O–H groups in total. The van der Waals surface area contributed by atoms with E-state index in [1.807, 2.05) is 0 Å². The number of likely N-dealkylation sites (tertiary alicyclic amines) is 1. The highest BCUT2D eigenvalue weighted by Crippen LogP contribution is 2.36. The van der Waals surface area contributed by atoms with Crippen molar-refractivity contribution in [2.45, 2.75) is 25.3 Å². The molecule has 2 aliphatic rings. The maximum atomic E-state index is 10.2. The van der Waals surface area contributed by atoms with Crippen molar-refractivity contribution in [3.05, 3.63) is 12.2 Å². The second-order valence-corrected chi connectivity index (χ2v) is 4.03. The average molecular weight is 218 g/mol. The number of halogens is 1. The van der Waals surface area contributed by atoms with Gasteiger partial charge in [0.05, 0.1) is 0 Å². The summed E-state index contributed by atoms with van der Waals surface area (Å²) in [7, 11) is 0. The van der Waals surface area contributed by atoms with Crippen LogP contribution in [0, 0.1) is 5.92 Å². The summed E-state index contributed by atoms with van der Waals surface area (Å²) in [4.78, 5) is 12.6. The second kappa shape index (κ2) is 4.80. The lowest BCUT2D eigenvalue weighted by Gasteiger charge is -2.24. The van der Waals surface area contributed by atoms with Gasteiger partial charge in [0.1, 0.15) is 0 Å². The Labute approximate surface area is 90.2 Å². The molecule has 2 unspecified atom stereocenters. The largest absolute Gasteiger partial charge is 0.478 e. The molecular weight excluding hydrogens is 202 g/mol. The summed E-state index contributed by atoms with van der Waals surface area (Å²) in [6, 6.07) is 0.739. The first kappa shape index (κ1) is 11.5. The Balaban J connectivity index is 0.000000980. The molecule has 2 atom stereocenters. The minimum absolute atomic E-state index is 0. The lowest BCUT2D eigenvalue weighted by atomic mass is 10.1. The van der Waals surface area contributed by atoms with Gasteiger partial charge in [-0.15, -0.1) is 12.4 Å². The fourth-order valence-corrected chi connectivity index (χ4v) is 2.54. The van der Waals surface area contributed by atoms with Crippen molar-refractivity contribution >= 4 is 18.4 Å². The van der Waals surface area contributed by atoms with E-state index < -0.39 is 5.97 Å². The van der Waals surface area contributed by atoms with E-state index in [-0.39, 0.29) is 12.4 Å². The van der Waals surface area contributed by atoms with Gasteiger partial charge < -0.3 is 5.11 Å². The minimum atomic E-state index is -0.843. The molecule has 1 saturated carbocycles. The van der Waals surface area contributed by atoms with Crippen LogP contribution in [-0.2, 0) is 4.79 Å². The van der Waals surface area contributed by atoms with Crippen molar-refractivity contribution in [2.75, 3.05) is 13.1 Å². The first-order valence-electron chi connectivity index (χ1n) is 4.89. The van der Waals surface area contributed by atoms with Gasteiger partial charge >= 0.3 is 5.97 Å². The molecule has 0 aromatic carbocycles. The third-order valence-electron chi connectivity index (χ3n) is 3.12. The Bertz CT molecular complexity index is 242. The molecular formula is C10H16ClNO2. The van der Waals surface area contributed by atoms with Crippen molar-refractivity contribution in [1.29, 1.82) is 0 Å². The number of piperidine rings is 1. The molecule has 0 aromatic rings. The van der Waals surface area contributed by atoms with Crippen LogP contribution in [0.2, 0.25) is 0 Å². The minimum Gasteiger partial charge on any atom is -0.478 e. The molecule has 1 heterocycles. The van der Waals surface area contributed by atoms with Crippen LogP contribution in [0.3, 0.4) is 0 Å². The van der Waals surface area contributed by atoms with Crippen LogP contribution in [0.4, 0.5) is 0 Å². The molecule has 2 bridgehead atoms. The molecule has 2 rings (SSSR count). The summed E-state index contributed by atoms with van der Waals surface area (Å²) in [5, 5.41) is 8.41. The van der Waals surface area contributed by atoms with E-state index >= 15 is 0 Å². The normalized spacial score (nSPS) is 30.9. The van der Waals surface area contributed by atoms with Crippen molar-refractivity contribution in [3.63, 3.8) is 0 Å². The van der Waals surface area contributed by atoms with Crippen LogP contribution in [0.25, 0.3) is 0 Å². The third kappa shape index (κ3) is 2.49. The predicted molar refractivity (Wildman–Crippen MR) is 56.7 cm³/mol. The zero-order chi connectivity index (χ0) is 9.26. The van der Waals surface area contributed by atoms with Gasteiger partial charge in [-0.25, -0.2) is 4.79 Å². The molecule has 0 radical (unpaired) electrons. The van der Waals surface area contributed by atoms with E-state index in [0.29, 0.717) is 0 Å². The summed E-state index contributed by atoms with van der Waals surface area (Å²) in [5.74, 6) is 0.0487. The Kier molecular flexibility index (Phi) is 3.96. The first-order valence-corrected chi connectivity index (χ1v) is 4.89. The van der Waals surface area contributed by atoms with Crippen LogP contribution in [0.1, 0.15) is 19.3 Å². The van der Waals surface area contributed by atoms with Crippen LogP contribution < -0.4 is 0 Å². The van der Waals surface area contributed by atoms with E-state index in [1.54, 1.807) is 6.08 Å². The monoisotopic (exact) mass is 217 g/mol. The van der Waals surface area contributed by atoms with Gasteiger partial charge in [-0.05, 0) is 25.2 Å². The van der Waals surface area contributed by atoms with Crippen LogP contribution in [-0.4, -0.2) is 35.1 Å².